The Labute approximate surface area is 153 Å². The summed E-state index contributed by atoms with van der Waals surface area (Å²) < 4.78 is 9.88. The Morgan fingerprint density at radius 1 is 1.00 bits per heavy atom. The summed E-state index contributed by atoms with van der Waals surface area (Å²) in [7, 11) is 0. The van der Waals surface area contributed by atoms with Gasteiger partial charge in [0, 0.05) is 0 Å². The number of aromatic nitrogens is 2. The fraction of sp³-hybridized carbons (Fsp3) is 0.842. The zero-order valence-corrected chi connectivity index (χ0v) is 18.6. The van der Waals surface area contributed by atoms with Crippen molar-refractivity contribution in [3.8, 4) is 0 Å². The summed E-state index contributed by atoms with van der Waals surface area (Å²) in [6, 6.07) is 0. The summed E-state index contributed by atoms with van der Waals surface area (Å²) in [5.74, 6) is 0. The van der Waals surface area contributed by atoms with Crippen molar-refractivity contribution in [1.82, 2.24) is 9.55 Å². The predicted octanol–water partition coefficient (Wildman–Crippen LogP) is 4.94. The van der Waals surface area contributed by atoms with Crippen LogP contribution in [-0.4, -0.2) is 37.3 Å². The minimum atomic E-state index is -0.747. The predicted molar refractivity (Wildman–Crippen MR) is 101 cm³/mol. The van der Waals surface area contributed by atoms with Gasteiger partial charge in [-0.3, -0.25) is 0 Å². The number of ether oxygens (including phenoxy) is 1. The first-order valence-electron chi connectivity index (χ1n) is 9.58. The molecule has 0 aliphatic heterocycles. The number of hydrogen-bond donors (Lipinski definition) is 0. The monoisotopic (exact) mass is 428 g/mol. The van der Waals surface area contributed by atoms with E-state index in [0.29, 0.717) is 10.2 Å². The van der Waals surface area contributed by atoms with E-state index >= 15 is 0 Å². The van der Waals surface area contributed by atoms with Gasteiger partial charge in [0.1, 0.15) is 0 Å². The second kappa shape index (κ2) is 12.3. The third-order valence-electron chi connectivity index (χ3n) is 4.55. The molecular weight excluding hydrogens is 391 g/mol. The molecule has 1 rings (SSSR count). The van der Waals surface area contributed by atoms with Crippen LogP contribution >= 0.6 is 0 Å². The molecule has 1 heterocycles. The zero-order chi connectivity index (χ0) is 17.0. The number of rotatable bonds is 14. The van der Waals surface area contributed by atoms with Crippen LogP contribution < -0.4 is 3.84 Å². The molecule has 2 radical (unpaired) electrons. The molecule has 1 aromatic rings. The molecule has 0 saturated heterocycles. The van der Waals surface area contributed by atoms with E-state index in [1.165, 1.54) is 61.6 Å². The molecule has 0 amide bonds. The first-order chi connectivity index (χ1) is 11.2. The van der Waals surface area contributed by atoms with Gasteiger partial charge in [-0.2, -0.15) is 0 Å². The Bertz CT molecular complexity index is 384. The van der Waals surface area contributed by atoms with E-state index in [1.54, 1.807) is 0 Å². The topological polar surface area (TPSA) is 27.1 Å². The molecule has 0 unspecified atom stereocenters. The van der Waals surface area contributed by atoms with E-state index in [-0.39, 0.29) is 0 Å². The van der Waals surface area contributed by atoms with E-state index in [4.69, 9.17) is 9.72 Å². The summed E-state index contributed by atoms with van der Waals surface area (Å²) >= 11 is -0.747. The Kier molecular flexibility index (Phi) is 11.3. The van der Waals surface area contributed by atoms with Crippen molar-refractivity contribution < 1.29 is 4.74 Å². The van der Waals surface area contributed by atoms with Crippen molar-refractivity contribution >= 4 is 25.0 Å². The van der Waals surface area contributed by atoms with Crippen LogP contribution in [0.5, 0.6) is 0 Å². The summed E-state index contributed by atoms with van der Waals surface area (Å²) in [6.07, 6.45) is 16.4. The van der Waals surface area contributed by atoms with Gasteiger partial charge in [-0.15, -0.1) is 0 Å². The number of unbranched alkanes of at least 4 members (excludes halogenated alkanes) is 3. The second-order valence-electron chi connectivity index (χ2n) is 6.56. The normalized spacial score (nSPS) is 12.0. The summed E-state index contributed by atoms with van der Waals surface area (Å²) in [5, 5.41) is 0. The van der Waals surface area contributed by atoms with Crippen LogP contribution in [0, 0.1) is 0 Å². The number of nitrogens with zero attached hydrogens (tertiary/aromatic N) is 2. The van der Waals surface area contributed by atoms with E-state index in [2.05, 4.69) is 38.5 Å². The van der Waals surface area contributed by atoms with Gasteiger partial charge in [0.2, 0.25) is 0 Å². The fourth-order valence-electron chi connectivity index (χ4n) is 3.07. The summed E-state index contributed by atoms with van der Waals surface area (Å²) in [4.78, 5) is 4.74. The van der Waals surface area contributed by atoms with Gasteiger partial charge in [-0.25, -0.2) is 0 Å². The molecule has 0 bridgehead atoms. The molecule has 132 valence electrons. The van der Waals surface area contributed by atoms with Gasteiger partial charge in [0.15, 0.2) is 0 Å². The SMILES string of the molecule is CCCC[C](CCCC)(CCCC)[Sn][c]1nccn1COCC. The molecule has 4 heteroatoms. The van der Waals surface area contributed by atoms with Crippen molar-refractivity contribution in [3.05, 3.63) is 12.4 Å². The van der Waals surface area contributed by atoms with E-state index in [9.17, 15) is 0 Å². The van der Waals surface area contributed by atoms with E-state index in [0.717, 1.165) is 6.61 Å². The van der Waals surface area contributed by atoms with E-state index < -0.39 is 21.1 Å². The quantitative estimate of drug-likeness (QED) is 0.394. The Balaban J connectivity index is 2.89. The molecule has 3 nitrogen and oxygen atoms in total. The van der Waals surface area contributed by atoms with Crippen molar-refractivity contribution in [2.24, 2.45) is 0 Å². The number of hydrogen-bond acceptors (Lipinski definition) is 2. The molecule has 1 aromatic heterocycles. The Morgan fingerprint density at radius 3 is 2.04 bits per heavy atom. The van der Waals surface area contributed by atoms with Crippen molar-refractivity contribution in [2.75, 3.05) is 6.61 Å². The van der Waals surface area contributed by atoms with E-state index in [1.807, 2.05) is 6.20 Å². The van der Waals surface area contributed by atoms with Crippen molar-refractivity contribution in [3.63, 3.8) is 0 Å². The molecule has 0 aliphatic carbocycles. The molecule has 0 aliphatic rings. The maximum absolute atomic E-state index is 5.63. The van der Waals surface area contributed by atoms with Crippen LogP contribution in [0.15, 0.2) is 12.4 Å². The van der Waals surface area contributed by atoms with Crippen LogP contribution in [0.4, 0.5) is 0 Å². The van der Waals surface area contributed by atoms with Gasteiger partial charge in [-0.05, 0) is 0 Å². The average molecular weight is 427 g/mol. The Hall–Kier alpha value is -0.0313. The van der Waals surface area contributed by atoms with Crippen LogP contribution in [-0.2, 0) is 11.5 Å². The molecule has 0 fully saturated rings. The average Bonchev–Trinajstić information content (AvgIpc) is 3.01. The van der Waals surface area contributed by atoms with Crippen LogP contribution in [0.25, 0.3) is 0 Å². The Morgan fingerprint density at radius 2 is 1.57 bits per heavy atom. The van der Waals surface area contributed by atoms with Crippen molar-refractivity contribution in [1.29, 1.82) is 0 Å². The van der Waals surface area contributed by atoms with Crippen LogP contribution in [0.2, 0.25) is 3.43 Å². The first kappa shape index (κ1) is 21.0. The molecule has 23 heavy (non-hydrogen) atoms. The molecular formula is C19H36N2OSn. The van der Waals surface area contributed by atoms with Crippen LogP contribution in [0.3, 0.4) is 0 Å². The molecule has 0 saturated carbocycles. The molecule has 0 aromatic carbocycles. The van der Waals surface area contributed by atoms with Gasteiger partial charge in [-0.1, -0.05) is 0 Å². The summed E-state index contributed by atoms with van der Waals surface area (Å²) in [6.45, 7) is 10.5. The van der Waals surface area contributed by atoms with Crippen molar-refractivity contribution in [2.45, 2.75) is 95.6 Å². The minimum absolute atomic E-state index is 0.598. The number of imidazole rings is 1. The standard InChI is InChI=1S/C13H27.C6H9N2O.Sn/c1-4-7-10-13(11-8-5-2)12-9-6-3;1-2-9-6-8-4-3-7-5-8;/h4-12H2,1-3H3;3-4H,2,6H2,1H3;. The van der Waals surface area contributed by atoms with Gasteiger partial charge in [0.25, 0.3) is 0 Å². The molecule has 0 atom stereocenters. The second-order valence-corrected chi connectivity index (χ2v) is 11.6. The third kappa shape index (κ3) is 7.59. The van der Waals surface area contributed by atoms with Gasteiger partial charge in [0.05, 0.1) is 0 Å². The van der Waals surface area contributed by atoms with Gasteiger partial charge < -0.3 is 0 Å². The van der Waals surface area contributed by atoms with Gasteiger partial charge >= 0.3 is 154 Å². The fourth-order valence-corrected chi connectivity index (χ4v) is 8.21. The third-order valence-corrected chi connectivity index (χ3v) is 10.0. The zero-order valence-electron chi connectivity index (χ0n) is 15.7. The first-order valence-corrected chi connectivity index (χ1v) is 12.4. The molecule has 0 spiro atoms. The molecule has 0 N–H and O–H groups in total. The van der Waals surface area contributed by atoms with Crippen LogP contribution in [0.1, 0.15) is 85.5 Å². The summed E-state index contributed by atoms with van der Waals surface area (Å²) in [5.41, 5.74) is 0. The maximum atomic E-state index is 5.63.